The van der Waals surface area contributed by atoms with Gasteiger partial charge in [0.05, 0.1) is 11.4 Å². The lowest BCUT2D eigenvalue weighted by Crippen LogP contribution is -2.23. The number of carbonyl (C=O) groups is 1. The van der Waals surface area contributed by atoms with Crippen LogP contribution < -0.4 is 5.32 Å². The van der Waals surface area contributed by atoms with Crippen molar-refractivity contribution in [1.29, 1.82) is 0 Å². The van der Waals surface area contributed by atoms with Crippen molar-refractivity contribution in [2.45, 2.75) is 25.5 Å². The summed E-state index contributed by atoms with van der Waals surface area (Å²) in [5.74, 6) is 0.658. The fraction of sp³-hybridized carbons (Fsp3) is 0.333. The lowest BCUT2D eigenvalue weighted by molar-refractivity contribution is 0.0835. The summed E-state index contributed by atoms with van der Waals surface area (Å²) in [6.45, 7) is 0.913. The Morgan fingerprint density at radius 2 is 2.33 bits per heavy atom. The van der Waals surface area contributed by atoms with E-state index in [1.54, 1.807) is 16.7 Å². The van der Waals surface area contributed by atoms with Gasteiger partial charge in [0.15, 0.2) is 5.82 Å². The van der Waals surface area contributed by atoms with E-state index in [1.807, 2.05) is 17.5 Å². The van der Waals surface area contributed by atoms with Crippen LogP contribution in [0, 0.1) is 0 Å². The van der Waals surface area contributed by atoms with Gasteiger partial charge >= 0.3 is 0 Å². The molecule has 124 valence electrons. The number of rotatable bonds is 5. The van der Waals surface area contributed by atoms with E-state index in [2.05, 4.69) is 20.4 Å². The number of nitrogens with one attached hydrogen (secondary N) is 1. The molecule has 4 rings (SSSR count). The molecule has 24 heavy (non-hydrogen) atoms. The Morgan fingerprint density at radius 1 is 1.38 bits per heavy atom. The number of thiazole rings is 1. The summed E-state index contributed by atoms with van der Waals surface area (Å²) in [5.41, 5.74) is 0.395. The van der Waals surface area contributed by atoms with Crippen LogP contribution in [0.5, 0.6) is 0 Å². The van der Waals surface area contributed by atoms with Gasteiger partial charge < -0.3 is 14.6 Å². The van der Waals surface area contributed by atoms with Gasteiger partial charge in [0.2, 0.25) is 0 Å². The van der Waals surface area contributed by atoms with Crippen molar-refractivity contribution >= 4 is 28.6 Å². The number of aromatic nitrogens is 3. The second kappa shape index (κ2) is 6.80. The molecular formula is C15H14N4O3S2. The van der Waals surface area contributed by atoms with E-state index in [1.165, 1.54) is 11.3 Å². The molecule has 1 saturated heterocycles. The van der Waals surface area contributed by atoms with Gasteiger partial charge in [-0.05, 0) is 24.3 Å². The average Bonchev–Trinajstić information content (AvgIpc) is 3.40. The number of ether oxygens (including phenoxy) is 1. The molecule has 1 amide bonds. The van der Waals surface area contributed by atoms with Crippen molar-refractivity contribution in [2.24, 2.45) is 0 Å². The van der Waals surface area contributed by atoms with E-state index in [9.17, 15) is 4.79 Å². The van der Waals surface area contributed by atoms with Crippen molar-refractivity contribution in [3.8, 4) is 9.88 Å². The maximum Gasteiger partial charge on any atom is 0.271 e. The van der Waals surface area contributed by atoms with Crippen LogP contribution in [-0.2, 0) is 11.3 Å². The van der Waals surface area contributed by atoms with Crippen LogP contribution in [0.25, 0.3) is 9.88 Å². The number of thiophene rings is 1. The van der Waals surface area contributed by atoms with Crippen LogP contribution >= 0.6 is 22.7 Å². The number of amides is 1. The van der Waals surface area contributed by atoms with Crippen LogP contribution in [-0.4, -0.2) is 27.6 Å². The molecule has 1 aliphatic heterocycles. The van der Waals surface area contributed by atoms with Gasteiger partial charge in [-0.25, -0.2) is 4.98 Å². The molecule has 3 aromatic heterocycles. The van der Waals surface area contributed by atoms with Gasteiger partial charge in [-0.3, -0.25) is 4.79 Å². The average molecular weight is 362 g/mol. The van der Waals surface area contributed by atoms with Crippen LogP contribution in [0.1, 0.15) is 41.1 Å². The second-order valence-electron chi connectivity index (χ2n) is 5.25. The van der Waals surface area contributed by atoms with Crippen molar-refractivity contribution < 1.29 is 14.1 Å². The highest BCUT2D eigenvalue weighted by atomic mass is 32.1. The van der Waals surface area contributed by atoms with Gasteiger partial charge in [-0.2, -0.15) is 4.98 Å². The van der Waals surface area contributed by atoms with Crippen LogP contribution in [0.15, 0.2) is 27.4 Å². The number of hydrogen-bond acceptors (Lipinski definition) is 8. The van der Waals surface area contributed by atoms with E-state index in [0.29, 0.717) is 17.4 Å². The predicted octanol–water partition coefficient (Wildman–Crippen LogP) is 3.04. The fourth-order valence-electron chi connectivity index (χ4n) is 2.38. The molecule has 9 heteroatoms. The fourth-order valence-corrected chi connectivity index (χ4v) is 4.00. The zero-order valence-corrected chi connectivity index (χ0v) is 14.2. The smallest absolute Gasteiger partial charge is 0.271 e. The second-order valence-corrected chi connectivity index (χ2v) is 7.05. The van der Waals surface area contributed by atoms with E-state index in [4.69, 9.17) is 9.26 Å². The Bertz CT molecular complexity index is 822. The van der Waals surface area contributed by atoms with Crippen molar-refractivity contribution in [2.75, 3.05) is 6.61 Å². The maximum absolute atomic E-state index is 12.2. The molecule has 4 heterocycles. The third kappa shape index (κ3) is 3.23. The van der Waals surface area contributed by atoms with Gasteiger partial charge in [-0.1, -0.05) is 11.2 Å². The highest BCUT2D eigenvalue weighted by Crippen LogP contribution is 2.28. The van der Waals surface area contributed by atoms with Gasteiger partial charge in [-0.15, -0.1) is 22.7 Å². The molecule has 0 aromatic carbocycles. The third-order valence-electron chi connectivity index (χ3n) is 3.56. The van der Waals surface area contributed by atoms with Gasteiger partial charge in [0.1, 0.15) is 16.8 Å². The molecule has 1 aliphatic rings. The van der Waals surface area contributed by atoms with Crippen LogP contribution in [0.2, 0.25) is 0 Å². The maximum atomic E-state index is 12.2. The minimum Gasteiger partial charge on any atom is -0.368 e. The van der Waals surface area contributed by atoms with E-state index in [-0.39, 0.29) is 18.6 Å². The highest BCUT2D eigenvalue weighted by Gasteiger charge is 2.24. The van der Waals surface area contributed by atoms with E-state index >= 15 is 0 Å². The Balaban J connectivity index is 1.36. The SMILES string of the molecule is O=C(NCc1noc([C@@H]2CCCO2)n1)c1csc(-c2cccs2)n1. The molecule has 0 unspecified atom stereocenters. The molecule has 0 saturated carbocycles. The molecule has 0 spiro atoms. The predicted molar refractivity (Wildman–Crippen MR) is 88.8 cm³/mol. The summed E-state index contributed by atoms with van der Waals surface area (Å²) in [6.07, 6.45) is 1.77. The molecular weight excluding hydrogens is 348 g/mol. The molecule has 1 N–H and O–H groups in total. The van der Waals surface area contributed by atoms with Crippen molar-refractivity contribution in [1.82, 2.24) is 20.4 Å². The Hall–Kier alpha value is -2.10. The third-order valence-corrected chi connectivity index (χ3v) is 5.45. The number of hydrogen-bond donors (Lipinski definition) is 1. The van der Waals surface area contributed by atoms with Crippen LogP contribution in [0.3, 0.4) is 0 Å². The Kier molecular flexibility index (Phi) is 4.37. The summed E-state index contributed by atoms with van der Waals surface area (Å²) in [4.78, 5) is 21.9. The largest absolute Gasteiger partial charge is 0.368 e. The number of carbonyl (C=O) groups excluding carboxylic acids is 1. The summed E-state index contributed by atoms with van der Waals surface area (Å²) in [7, 11) is 0. The molecule has 3 aromatic rings. The lowest BCUT2D eigenvalue weighted by Gasteiger charge is -2.01. The first-order valence-electron chi connectivity index (χ1n) is 7.51. The van der Waals surface area contributed by atoms with E-state index < -0.39 is 0 Å². The first-order valence-corrected chi connectivity index (χ1v) is 9.27. The summed E-state index contributed by atoms with van der Waals surface area (Å²) in [5, 5.41) is 11.2. The minimum atomic E-state index is -0.252. The molecule has 1 atom stereocenters. The summed E-state index contributed by atoms with van der Waals surface area (Å²) < 4.78 is 10.7. The molecule has 0 radical (unpaired) electrons. The van der Waals surface area contributed by atoms with Crippen LogP contribution in [0.4, 0.5) is 0 Å². The lowest BCUT2D eigenvalue weighted by atomic mass is 10.2. The topological polar surface area (TPSA) is 90.1 Å². The van der Waals surface area contributed by atoms with E-state index in [0.717, 1.165) is 29.3 Å². The normalized spacial score (nSPS) is 17.2. The highest BCUT2D eigenvalue weighted by molar-refractivity contribution is 7.20. The Morgan fingerprint density at radius 3 is 3.12 bits per heavy atom. The van der Waals surface area contributed by atoms with Crippen molar-refractivity contribution in [3.63, 3.8) is 0 Å². The molecule has 7 nitrogen and oxygen atoms in total. The van der Waals surface area contributed by atoms with Crippen molar-refractivity contribution in [3.05, 3.63) is 40.3 Å². The molecule has 0 bridgehead atoms. The minimum absolute atomic E-state index is 0.117. The quantitative estimate of drug-likeness (QED) is 0.750. The molecule has 0 aliphatic carbocycles. The standard InChI is InChI=1S/C15H14N4O3S2/c20-13(9-8-24-15(17-9)11-4-2-6-23-11)16-7-12-18-14(22-19-12)10-3-1-5-21-10/h2,4,6,8,10H,1,3,5,7H2,(H,16,20)/t10-/m0/s1. The zero-order chi connectivity index (χ0) is 16.4. The van der Waals surface area contributed by atoms with Gasteiger partial charge in [0, 0.05) is 12.0 Å². The molecule has 1 fully saturated rings. The summed E-state index contributed by atoms with van der Waals surface area (Å²) in [6, 6.07) is 3.94. The van der Waals surface area contributed by atoms with Gasteiger partial charge in [0.25, 0.3) is 11.8 Å². The summed E-state index contributed by atoms with van der Waals surface area (Å²) >= 11 is 3.05. The number of nitrogens with zero attached hydrogens (tertiary/aromatic N) is 3. The monoisotopic (exact) mass is 362 g/mol. The Labute approximate surface area is 145 Å². The zero-order valence-electron chi connectivity index (χ0n) is 12.6. The first kappa shape index (κ1) is 15.4. The first-order chi connectivity index (χ1) is 11.8.